The second-order valence-corrected chi connectivity index (χ2v) is 7.62. The Kier molecular flexibility index (Phi) is 7.93. The first-order chi connectivity index (χ1) is 14.9. The van der Waals surface area contributed by atoms with Crippen molar-refractivity contribution in [3.63, 3.8) is 0 Å². The van der Waals surface area contributed by atoms with Crippen LogP contribution in [0.15, 0.2) is 66.7 Å². The van der Waals surface area contributed by atoms with Crippen LogP contribution in [0.25, 0.3) is 0 Å². The molecule has 0 spiro atoms. The average Bonchev–Trinajstić information content (AvgIpc) is 2.77. The maximum Gasteiger partial charge on any atom is 0.309 e. The number of hydrogen-bond donors (Lipinski definition) is 1. The highest BCUT2D eigenvalue weighted by molar-refractivity contribution is 6.32. The summed E-state index contributed by atoms with van der Waals surface area (Å²) >= 11 is 12.1. The highest BCUT2D eigenvalue weighted by atomic mass is 35.5. The van der Waals surface area contributed by atoms with Crippen LogP contribution in [0.5, 0.6) is 11.5 Å². The lowest BCUT2D eigenvalue weighted by molar-refractivity contribution is -0.139. The number of hydrogen-bond acceptors (Lipinski definition) is 4. The fourth-order valence-corrected chi connectivity index (χ4v) is 3.22. The molecule has 5 nitrogen and oxygen atoms in total. The van der Waals surface area contributed by atoms with E-state index in [4.69, 9.17) is 27.9 Å². The monoisotopic (exact) mass is 457 g/mol. The maximum absolute atomic E-state index is 12.3. The molecule has 0 atom stereocenters. The number of benzene rings is 3. The van der Waals surface area contributed by atoms with Crippen LogP contribution in [0.4, 0.5) is 0 Å². The summed E-state index contributed by atoms with van der Waals surface area (Å²) < 4.78 is 10.4. The zero-order valence-electron chi connectivity index (χ0n) is 16.9. The van der Waals surface area contributed by atoms with E-state index in [1.54, 1.807) is 42.5 Å². The molecule has 0 fully saturated rings. The predicted molar refractivity (Wildman–Crippen MR) is 121 cm³/mol. The van der Waals surface area contributed by atoms with E-state index in [1.165, 1.54) is 7.11 Å². The van der Waals surface area contributed by atoms with Gasteiger partial charge in [-0.1, -0.05) is 41.4 Å². The van der Waals surface area contributed by atoms with Crippen LogP contribution in [0.2, 0.25) is 10.0 Å². The van der Waals surface area contributed by atoms with Crippen LogP contribution in [0, 0.1) is 0 Å². The Labute approximate surface area is 190 Å². The number of methoxy groups -OCH3 is 1. The quantitative estimate of drug-likeness (QED) is 0.455. The van der Waals surface area contributed by atoms with Gasteiger partial charge in [-0.2, -0.15) is 0 Å². The number of halogens is 2. The first-order valence-electron chi connectivity index (χ1n) is 9.60. The first-order valence-corrected chi connectivity index (χ1v) is 10.4. The van der Waals surface area contributed by atoms with Crippen molar-refractivity contribution < 1.29 is 19.1 Å². The van der Waals surface area contributed by atoms with Gasteiger partial charge in [-0.15, -0.1) is 0 Å². The lowest BCUT2D eigenvalue weighted by Crippen LogP contribution is -2.25. The van der Waals surface area contributed by atoms with E-state index in [9.17, 15) is 9.59 Å². The SMILES string of the molecule is COC(=O)Cc1ccc(Oc2ccc(C(=O)NCCc3ccc(Cl)cc3)cc2)c(Cl)c1. The van der Waals surface area contributed by atoms with Crippen molar-refractivity contribution in [2.75, 3.05) is 13.7 Å². The minimum atomic E-state index is -0.341. The molecule has 7 heteroatoms. The number of carbonyl (C=O) groups excluding carboxylic acids is 2. The Morgan fingerprint density at radius 1 is 0.903 bits per heavy atom. The largest absolute Gasteiger partial charge is 0.469 e. The third-order valence-corrected chi connectivity index (χ3v) is 5.08. The molecule has 3 aromatic rings. The van der Waals surface area contributed by atoms with Gasteiger partial charge in [0.05, 0.1) is 18.6 Å². The summed E-state index contributed by atoms with van der Waals surface area (Å²) in [5, 5.41) is 3.96. The smallest absolute Gasteiger partial charge is 0.309 e. The normalized spacial score (nSPS) is 10.4. The zero-order valence-corrected chi connectivity index (χ0v) is 18.4. The fourth-order valence-electron chi connectivity index (χ4n) is 2.85. The maximum atomic E-state index is 12.3. The van der Waals surface area contributed by atoms with Crippen LogP contribution < -0.4 is 10.1 Å². The van der Waals surface area contributed by atoms with Gasteiger partial charge in [0.2, 0.25) is 0 Å². The summed E-state index contributed by atoms with van der Waals surface area (Å²) in [6.07, 6.45) is 0.854. The number of carbonyl (C=O) groups is 2. The Morgan fingerprint density at radius 2 is 1.58 bits per heavy atom. The van der Waals surface area contributed by atoms with E-state index in [0.29, 0.717) is 40.1 Å². The molecule has 0 heterocycles. The molecular weight excluding hydrogens is 437 g/mol. The predicted octanol–water partition coefficient (Wildman–Crippen LogP) is 5.47. The van der Waals surface area contributed by atoms with E-state index < -0.39 is 0 Å². The third-order valence-electron chi connectivity index (χ3n) is 4.53. The highest BCUT2D eigenvalue weighted by Gasteiger charge is 2.10. The molecule has 0 radical (unpaired) electrons. The van der Waals surface area contributed by atoms with Crippen molar-refractivity contribution in [2.45, 2.75) is 12.8 Å². The number of rotatable bonds is 8. The molecule has 3 aromatic carbocycles. The summed E-state index contributed by atoms with van der Waals surface area (Å²) in [4.78, 5) is 23.7. The van der Waals surface area contributed by atoms with Gasteiger partial charge in [0.25, 0.3) is 5.91 Å². The van der Waals surface area contributed by atoms with Crippen molar-refractivity contribution >= 4 is 35.1 Å². The summed E-state index contributed by atoms with van der Waals surface area (Å²) in [6.45, 7) is 0.520. The van der Waals surface area contributed by atoms with Crippen molar-refractivity contribution in [3.05, 3.63) is 93.5 Å². The first kappa shape index (κ1) is 22.7. The van der Waals surface area contributed by atoms with E-state index >= 15 is 0 Å². The van der Waals surface area contributed by atoms with Gasteiger partial charge < -0.3 is 14.8 Å². The van der Waals surface area contributed by atoms with Gasteiger partial charge in [0.15, 0.2) is 0 Å². The summed E-state index contributed by atoms with van der Waals surface area (Å²) in [5.74, 6) is 0.494. The molecule has 0 saturated heterocycles. The topological polar surface area (TPSA) is 64.6 Å². The van der Waals surface area contributed by atoms with Crippen molar-refractivity contribution in [3.8, 4) is 11.5 Å². The standard InChI is InChI=1S/C24H21Cl2NO4/c1-30-23(28)15-17-4-11-22(21(26)14-17)31-20-9-5-18(6-10-20)24(29)27-13-12-16-2-7-19(25)8-3-16/h2-11,14H,12-13,15H2,1H3,(H,27,29). The van der Waals surface area contributed by atoms with Gasteiger partial charge in [-0.05, 0) is 66.1 Å². The number of nitrogens with one attached hydrogen (secondary N) is 1. The van der Waals surface area contributed by atoms with E-state index in [1.807, 2.05) is 24.3 Å². The molecule has 0 aliphatic carbocycles. The van der Waals surface area contributed by atoms with E-state index in [0.717, 1.165) is 11.1 Å². The molecule has 160 valence electrons. The van der Waals surface area contributed by atoms with Crippen LogP contribution in [-0.2, 0) is 22.4 Å². The molecule has 0 aromatic heterocycles. The van der Waals surface area contributed by atoms with Gasteiger partial charge >= 0.3 is 5.97 Å². The van der Waals surface area contributed by atoms with Gasteiger partial charge in [-0.25, -0.2) is 0 Å². The Bertz CT molecular complexity index is 1050. The lowest BCUT2D eigenvalue weighted by Gasteiger charge is -2.10. The van der Waals surface area contributed by atoms with Crippen LogP contribution in [0.1, 0.15) is 21.5 Å². The number of esters is 1. The zero-order chi connectivity index (χ0) is 22.2. The molecule has 3 rings (SSSR count). The molecule has 31 heavy (non-hydrogen) atoms. The second kappa shape index (κ2) is 10.8. The van der Waals surface area contributed by atoms with Gasteiger partial charge in [0, 0.05) is 17.1 Å². The van der Waals surface area contributed by atoms with E-state index in [-0.39, 0.29) is 18.3 Å². The molecule has 1 amide bonds. The number of ether oxygens (including phenoxy) is 2. The number of amides is 1. The van der Waals surface area contributed by atoms with Crippen molar-refractivity contribution in [1.82, 2.24) is 5.32 Å². The average molecular weight is 458 g/mol. The lowest BCUT2D eigenvalue weighted by atomic mass is 10.1. The summed E-state index contributed by atoms with van der Waals surface area (Å²) in [5.41, 5.74) is 2.36. The van der Waals surface area contributed by atoms with Crippen LogP contribution in [0.3, 0.4) is 0 Å². The molecule has 0 bridgehead atoms. The van der Waals surface area contributed by atoms with Crippen molar-refractivity contribution in [1.29, 1.82) is 0 Å². The molecule has 0 aliphatic heterocycles. The minimum absolute atomic E-state index is 0.137. The van der Waals surface area contributed by atoms with Crippen LogP contribution in [-0.4, -0.2) is 25.5 Å². The highest BCUT2D eigenvalue weighted by Crippen LogP contribution is 2.30. The molecule has 0 saturated carbocycles. The molecule has 0 unspecified atom stereocenters. The van der Waals surface area contributed by atoms with Crippen molar-refractivity contribution in [2.24, 2.45) is 0 Å². The fraction of sp³-hybridized carbons (Fsp3) is 0.167. The molecule has 1 N–H and O–H groups in total. The van der Waals surface area contributed by atoms with Gasteiger partial charge in [-0.3, -0.25) is 9.59 Å². The Morgan fingerprint density at radius 3 is 2.23 bits per heavy atom. The molecular formula is C24H21Cl2NO4. The Hall–Kier alpha value is -3.02. The van der Waals surface area contributed by atoms with Gasteiger partial charge in [0.1, 0.15) is 11.5 Å². The summed E-state index contributed by atoms with van der Waals surface area (Å²) in [6, 6.07) is 19.4. The summed E-state index contributed by atoms with van der Waals surface area (Å²) in [7, 11) is 1.34. The van der Waals surface area contributed by atoms with Crippen LogP contribution >= 0.6 is 23.2 Å². The minimum Gasteiger partial charge on any atom is -0.469 e. The Balaban J connectivity index is 1.54. The second-order valence-electron chi connectivity index (χ2n) is 6.78. The third kappa shape index (κ3) is 6.74. The van der Waals surface area contributed by atoms with E-state index in [2.05, 4.69) is 10.1 Å². The molecule has 0 aliphatic rings.